The highest BCUT2D eigenvalue weighted by Crippen LogP contribution is 1.88. The average molecular weight is 152 g/mol. The molecule has 5 nitrogen and oxygen atoms in total. The summed E-state index contributed by atoms with van der Waals surface area (Å²) >= 11 is 0. The molecule has 0 aliphatic carbocycles. The fraction of sp³-hybridized carbons (Fsp3) is 0.333. The number of hydrogen-bond acceptors (Lipinski definition) is 5. The molecule has 0 fully saturated rings. The molecule has 0 atom stereocenters. The molecule has 0 heterocycles. The molecule has 0 amide bonds. The van der Waals surface area contributed by atoms with Crippen molar-refractivity contribution in [3.8, 4) is 12.1 Å². The molecule has 0 saturated heterocycles. The van der Waals surface area contributed by atoms with Crippen molar-refractivity contribution >= 4 is 11.9 Å². The van der Waals surface area contributed by atoms with E-state index in [1.54, 1.807) is 0 Å². The quantitative estimate of drug-likeness (QED) is 0.406. The Labute approximate surface area is 62.8 Å². The maximum absolute atomic E-state index is 10.4. The van der Waals surface area contributed by atoms with Crippen LogP contribution in [0.2, 0.25) is 0 Å². The van der Waals surface area contributed by atoms with Crippen molar-refractivity contribution in [2.24, 2.45) is 0 Å². The molecule has 0 saturated carbocycles. The molecular weight excluding hydrogens is 148 g/mol. The zero-order chi connectivity index (χ0) is 8.69. The third kappa shape index (κ3) is 4.61. The van der Waals surface area contributed by atoms with Gasteiger partial charge in [0.15, 0.2) is 0 Å². The molecule has 56 valence electrons. The van der Waals surface area contributed by atoms with Crippen LogP contribution >= 0.6 is 0 Å². The summed E-state index contributed by atoms with van der Waals surface area (Å²) in [5.41, 5.74) is 0. The normalized spacial score (nSPS) is 7.45. The van der Waals surface area contributed by atoms with Gasteiger partial charge in [0.1, 0.15) is 12.8 Å². The number of nitriles is 2. The van der Waals surface area contributed by atoms with E-state index in [-0.39, 0.29) is 0 Å². The molecule has 0 aromatic heterocycles. The molecule has 0 N–H and O–H groups in total. The van der Waals surface area contributed by atoms with Gasteiger partial charge in [-0.25, -0.2) is 0 Å². The lowest BCUT2D eigenvalue weighted by Gasteiger charge is -1.93. The van der Waals surface area contributed by atoms with Crippen LogP contribution in [0.5, 0.6) is 0 Å². The third-order valence-corrected chi connectivity index (χ3v) is 0.674. The summed E-state index contributed by atoms with van der Waals surface area (Å²) in [6.07, 6.45) is -0.950. The first kappa shape index (κ1) is 9.12. The van der Waals surface area contributed by atoms with Crippen LogP contribution in [0, 0.1) is 22.7 Å². The predicted molar refractivity (Wildman–Crippen MR) is 31.6 cm³/mol. The molecule has 0 aliphatic heterocycles. The van der Waals surface area contributed by atoms with E-state index in [4.69, 9.17) is 10.5 Å². The topological polar surface area (TPSA) is 90.9 Å². The predicted octanol–water partition coefficient (Wildman–Crippen LogP) is -0.116. The Hall–Kier alpha value is -1.88. The number of hydrogen-bond donors (Lipinski definition) is 0. The fourth-order valence-electron chi connectivity index (χ4n) is 0.328. The minimum absolute atomic E-state index is 0.475. The second-order valence-corrected chi connectivity index (χ2v) is 1.52. The highest BCUT2D eigenvalue weighted by atomic mass is 16.6. The second kappa shape index (κ2) is 4.95. The van der Waals surface area contributed by atoms with E-state index in [0.717, 1.165) is 0 Å². The van der Waals surface area contributed by atoms with Crippen LogP contribution in [0.4, 0.5) is 0 Å². The fourth-order valence-corrected chi connectivity index (χ4v) is 0.328. The number of esters is 2. The molecular formula is C6H4N2O3. The number of ether oxygens (including phenoxy) is 1. The van der Waals surface area contributed by atoms with Gasteiger partial charge in [0, 0.05) is 0 Å². The van der Waals surface area contributed by atoms with Crippen molar-refractivity contribution in [2.45, 2.75) is 12.8 Å². The van der Waals surface area contributed by atoms with Gasteiger partial charge in [-0.3, -0.25) is 9.59 Å². The minimum Gasteiger partial charge on any atom is -0.392 e. The first-order chi connectivity index (χ1) is 5.20. The van der Waals surface area contributed by atoms with Crippen molar-refractivity contribution in [3.63, 3.8) is 0 Å². The highest BCUT2D eigenvalue weighted by molar-refractivity contribution is 5.87. The maximum atomic E-state index is 10.4. The summed E-state index contributed by atoms with van der Waals surface area (Å²) in [5.74, 6) is -1.85. The van der Waals surface area contributed by atoms with Crippen molar-refractivity contribution in [3.05, 3.63) is 0 Å². The van der Waals surface area contributed by atoms with Gasteiger partial charge < -0.3 is 4.74 Å². The Kier molecular flexibility index (Phi) is 4.10. The Balaban J connectivity index is 3.71. The lowest BCUT2D eigenvalue weighted by atomic mass is 10.4. The van der Waals surface area contributed by atoms with E-state index in [1.807, 2.05) is 0 Å². The van der Waals surface area contributed by atoms with Crippen molar-refractivity contribution in [2.75, 3.05) is 0 Å². The van der Waals surface area contributed by atoms with Crippen LogP contribution < -0.4 is 0 Å². The van der Waals surface area contributed by atoms with E-state index >= 15 is 0 Å². The largest absolute Gasteiger partial charge is 0.392 e. The van der Waals surface area contributed by atoms with E-state index in [1.165, 1.54) is 12.1 Å². The van der Waals surface area contributed by atoms with Gasteiger partial charge in [0.25, 0.3) is 0 Å². The molecule has 0 rings (SSSR count). The molecule has 11 heavy (non-hydrogen) atoms. The Morgan fingerprint density at radius 2 is 1.45 bits per heavy atom. The molecule has 0 aromatic carbocycles. The Morgan fingerprint density at radius 1 is 1.09 bits per heavy atom. The number of nitrogens with zero attached hydrogens (tertiary/aromatic N) is 2. The van der Waals surface area contributed by atoms with Crippen LogP contribution in [0.1, 0.15) is 12.8 Å². The van der Waals surface area contributed by atoms with Crippen molar-refractivity contribution < 1.29 is 14.3 Å². The maximum Gasteiger partial charge on any atom is 0.327 e. The van der Waals surface area contributed by atoms with Crippen molar-refractivity contribution in [1.29, 1.82) is 10.5 Å². The lowest BCUT2D eigenvalue weighted by molar-refractivity contribution is -0.158. The van der Waals surface area contributed by atoms with Gasteiger partial charge in [-0.1, -0.05) is 0 Å². The summed E-state index contributed by atoms with van der Waals surface area (Å²) in [5, 5.41) is 15.9. The number of rotatable bonds is 2. The van der Waals surface area contributed by atoms with Crippen LogP contribution in [0.25, 0.3) is 0 Å². The molecule has 0 aliphatic rings. The zero-order valence-electron chi connectivity index (χ0n) is 5.53. The highest BCUT2D eigenvalue weighted by Gasteiger charge is 2.08. The third-order valence-electron chi connectivity index (χ3n) is 0.674. The van der Waals surface area contributed by atoms with Crippen LogP contribution in [-0.2, 0) is 14.3 Å². The minimum atomic E-state index is -0.923. The molecule has 0 radical (unpaired) electrons. The average Bonchev–Trinajstić information content (AvgIpc) is 1.87. The van der Waals surface area contributed by atoms with Gasteiger partial charge in [0.2, 0.25) is 0 Å². The van der Waals surface area contributed by atoms with E-state index in [9.17, 15) is 9.59 Å². The smallest absolute Gasteiger partial charge is 0.327 e. The van der Waals surface area contributed by atoms with Gasteiger partial charge >= 0.3 is 11.9 Å². The van der Waals surface area contributed by atoms with E-state index < -0.39 is 24.8 Å². The lowest BCUT2D eigenvalue weighted by Crippen LogP contribution is -2.10. The summed E-state index contributed by atoms with van der Waals surface area (Å²) in [6, 6.07) is 3.01. The first-order valence-electron chi connectivity index (χ1n) is 2.68. The molecule has 0 aromatic rings. The molecule has 5 heteroatoms. The number of carbonyl (C=O) groups excluding carboxylic acids is 2. The summed E-state index contributed by atoms with van der Waals surface area (Å²) in [6.45, 7) is 0. The second-order valence-electron chi connectivity index (χ2n) is 1.52. The van der Waals surface area contributed by atoms with Gasteiger partial charge in [-0.15, -0.1) is 0 Å². The van der Waals surface area contributed by atoms with Crippen LogP contribution in [0.15, 0.2) is 0 Å². The van der Waals surface area contributed by atoms with Gasteiger partial charge in [-0.05, 0) is 0 Å². The summed E-state index contributed by atoms with van der Waals surface area (Å²) in [7, 11) is 0. The molecule has 0 unspecified atom stereocenters. The monoisotopic (exact) mass is 152 g/mol. The standard InChI is InChI=1S/C6H4N2O3/c7-3-1-5(9)11-6(10)2-4-8/h1-2H2. The Morgan fingerprint density at radius 3 is 1.73 bits per heavy atom. The molecule has 0 bridgehead atoms. The summed E-state index contributed by atoms with van der Waals surface area (Å²) < 4.78 is 4.01. The van der Waals surface area contributed by atoms with Crippen LogP contribution in [-0.4, -0.2) is 11.9 Å². The Bertz CT molecular complexity index is 220. The van der Waals surface area contributed by atoms with Gasteiger partial charge in [-0.2, -0.15) is 10.5 Å². The first-order valence-corrected chi connectivity index (χ1v) is 2.68. The van der Waals surface area contributed by atoms with Gasteiger partial charge in [0.05, 0.1) is 12.1 Å². The SMILES string of the molecule is N#CCC(=O)OC(=O)CC#N. The van der Waals surface area contributed by atoms with Crippen molar-refractivity contribution in [1.82, 2.24) is 0 Å². The summed E-state index contributed by atoms with van der Waals surface area (Å²) in [4.78, 5) is 20.7. The molecule has 0 spiro atoms. The van der Waals surface area contributed by atoms with E-state index in [2.05, 4.69) is 4.74 Å². The zero-order valence-corrected chi connectivity index (χ0v) is 5.53. The van der Waals surface area contributed by atoms with E-state index in [0.29, 0.717) is 0 Å². The number of carbonyl (C=O) groups is 2. The van der Waals surface area contributed by atoms with Crippen LogP contribution in [0.3, 0.4) is 0 Å².